The van der Waals surface area contributed by atoms with Gasteiger partial charge >= 0.3 is 0 Å². The highest BCUT2D eigenvalue weighted by Gasteiger charge is 2.42. The van der Waals surface area contributed by atoms with Crippen LogP contribution < -0.4 is 0 Å². The highest BCUT2D eigenvalue weighted by Crippen LogP contribution is 2.44. The molecule has 0 unspecified atom stereocenters. The molecule has 1 amide bonds. The van der Waals surface area contributed by atoms with Crippen LogP contribution >= 0.6 is 11.8 Å². The lowest BCUT2D eigenvalue weighted by molar-refractivity contribution is -0.137. The monoisotopic (exact) mass is 420 g/mol. The lowest BCUT2D eigenvalue weighted by Gasteiger charge is -2.35. The number of hydrogen-bond acceptors (Lipinski definition) is 5. The molecular weight excluding hydrogens is 392 g/mol. The fraction of sp³-hybridized carbons (Fsp3) is 0.500. The van der Waals surface area contributed by atoms with Crippen LogP contribution in [-0.4, -0.2) is 38.8 Å². The summed E-state index contributed by atoms with van der Waals surface area (Å²) in [7, 11) is 0. The zero-order valence-electron chi connectivity index (χ0n) is 17.4. The van der Waals surface area contributed by atoms with Crippen LogP contribution in [0, 0.1) is 24.7 Å². The number of carbonyl (C=O) groups excluding carboxylic acids is 1. The third-order valence-corrected chi connectivity index (χ3v) is 7.73. The van der Waals surface area contributed by atoms with E-state index in [0.29, 0.717) is 23.7 Å². The number of aryl methyl sites for hydroxylation is 1. The molecule has 1 saturated carbocycles. The molecule has 0 N–H and O–H groups in total. The first-order valence-electron chi connectivity index (χ1n) is 11.0. The largest absolute Gasteiger partial charge is 0.342 e. The van der Waals surface area contributed by atoms with E-state index in [2.05, 4.69) is 40.0 Å². The van der Waals surface area contributed by atoms with Crippen LogP contribution in [0.1, 0.15) is 48.4 Å². The Morgan fingerprint density at radius 3 is 2.97 bits per heavy atom. The van der Waals surface area contributed by atoms with Gasteiger partial charge in [0.15, 0.2) is 5.16 Å². The van der Waals surface area contributed by atoms with Crippen LogP contribution in [0.15, 0.2) is 48.0 Å². The Labute approximate surface area is 182 Å². The molecule has 3 heterocycles. The normalized spacial score (nSPS) is 27.6. The average Bonchev–Trinajstić information content (AvgIpc) is 3.43. The first kappa shape index (κ1) is 19.7. The SMILES string of the molecule is Cc1cnc(SCc2cccnc2)nc1[C@@H]1CCCN(C(=O)[C@H]2C[C@@H]3C=C[C@H]2C3)C1. The van der Waals surface area contributed by atoms with Crippen molar-refractivity contribution < 1.29 is 4.79 Å². The number of rotatable bonds is 5. The van der Waals surface area contributed by atoms with Crippen LogP contribution in [-0.2, 0) is 10.5 Å². The Hall–Kier alpha value is -2.21. The Morgan fingerprint density at radius 1 is 1.27 bits per heavy atom. The van der Waals surface area contributed by atoms with E-state index in [1.54, 1.807) is 18.0 Å². The van der Waals surface area contributed by atoms with Gasteiger partial charge in [0.05, 0.1) is 5.69 Å². The Kier molecular flexibility index (Phi) is 5.59. The lowest BCUT2D eigenvalue weighted by atomic mass is 9.88. The predicted molar refractivity (Wildman–Crippen MR) is 118 cm³/mol. The standard InChI is InChI=1S/C24H28N4OS/c1-16-12-26-24(30-15-18-4-2-8-25-13-18)27-22(16)20-5-3-9-28(14-20)23(29)21-11-17-6-7-19(21)10-17/h2,4,6-8,12-13,17,19-21H,3,5,9-11,14-15H2,1H3/t17-,19+,20-,21+/m1/s1. The molecule has 5 nitrogen and oxygen atoms in total. The zero-order valence-corrected chi connectivity index (χ0v) is 18.2. The number of aromatic nitrogens is 3. The fourth-order valence-corrected chi connectivity index (χ4v) is 6.01. The smallest absolute Gasteiger partial charge is 0.226 e. The molecule has 0 spiro atoms. The maximum atomic E-state index is 13.2. The van der Waals surface area contributed by atoms with Crippen molar-refractivity contribution >= 4 is 17.7 Å². The summed E-state index contributed by atoms with van der Waals surface area (Å²) in [5, 5.41) is 0.807. The summed E-state index contributed by atoms with van der Waals surface area (Å²) in [6.45, 7) is 3.77. The van der Waals surface area contributed by atoms with E-state index in [1.807, 2.05) is 18.5 Å². The van der Waals surface area contributed by atoms with E-state index in [0.717, 1.165) is 54.5 Å². The van der Waals surface area contributed by atoms with Crippen LogP contribution in [0.3, 0.4) is 0 Å². The number of piperidine rings is 1. The minimum absolute atomic E-state index is 0.204. The van der Waals surface area contributed by atoms with Gasteiger partial charge in [0.2, 0.25) is 5.91 Å². The van der Waals surface area contributed by atoms with Gasteiger partial charge in [0.25, 0.3) is 0 Å². The molecule has 5 rings (SSSR count). The van der Waals surface area contributed by atoms with Gasteiger partial charge in [-0.1, -0.05) is 30.0 Å². The van der Waals surface area contributed by atoms with Gasteiger partial charge < -0.3 is 4.90 Å². The van der Waals surface area contributed by atoms with Crippen molar-refractivity contribution in [3.05, 3.63) is 59.7 Å². The number of pyridine rings is 1. The summed E-state index contributed by atoms with van der Waals surface area (Å²) in [6.07, 6.45) is 14.6. The molecule has 1 aliphatic heterocycles. The van der Waals surface area contributed by atoms with Crippen molar-refractivity contribution in [2.24, 2.45) is 17.8 Å². The van der Waals surface area contributed by atoms with Crippen molar-refractivity contribution in [3.63, 3.8) is 0 Å². The first-order chi connectivity index (χ1) is 14.7. The molecule has 3 aliphatic rings. The molecule has 6 heteroatoms. The second-order valence-electron chi connectivity index (χ2n) is 8.88. The van der Waals surface area contributed by atoms with Crippen LogP contribution in [0.2, 0.25) is 0 Å². The maximum absolute atomic E-state index is 13.2. The summed E-state index contributed by atoms with van der Waals surface area (Å²) in [4.78, 5) is 29.0. The van der Waals surface area contributed by atoms with Crippen molar-refractivity contribution in [2.45, 2.75) is 49.4 Å². The van der Waals surface area contributed by atoms with Crippen molar-refractivity contribution in [3.8, 4) is 0 Å². The minimum Gasteiger partial charge on any atom is -0.342 e. The molecular formula is C24H28N4OS. The third kappa shape index (κ3) is 4.02. The number of fused-ring (bicyclic) bond motifs is 2. The summed E-state index contributed by atoms with van der Waals surface area (Å²) >= 11 is 1.65. The number of amides is 1. The second-order valence-corrected chi connectivity index (χ2v) is 9.82. The van der Waals surface area contributed by atoms with E-state index in [1.165, 1.54) is 12.0 Å². The van der Waals surface area contributed by atoms with Crippen molar-refractivity contribution in [1.82, 2.24) is 19.9 Å². The molecule has 0 radical (unpaired) electrons. The molecule has 2 aromatic rings. The lowest BCUT2D eigenvalue weighted by Crippen LogP contribution is -2.43. The van der Waals surface area contributed by atoms with Crippen LogP contribution in [0.4, 0.5) is 0 Å². The average molecular weight is 421 g/mol. The third-order valence-electron chi connectivity index (χ3n) is 6.80. The number of thioether (sulfide) groups is 1. The summed E-state index contributed by atoms with van der Waals surface area (Å²) in [5.41, 5.74) is 3.41. The van der Waals surface area contributed by atoms with Gasteiger partial charge in [-0.2, -0.15) is 0 Å². The molecule has 30 heavy (non-hydrogen) atoms. The van der Waals surface area contributed by atoms with E-state index in [-0.39, 0.29) is 5.92 Å². The zero-order chi connectivity index (χ0) is 20.5. The number of carbonyl (C=O) groups is 1. The van der Waals surface area contributed by atoms with Crippen molar-refractivity contribution in [1.29, 1.82) is 0 Å². The van der Waals surface area contributed by atoms with E-state index in [4.69, 9.17) is 4.98 Å². The molecule has 2 aromatic heterocycles. The van der Waals surface area contributed by atoms with E-state index < -0.39 is 0 Å². The first-order valence-corrected chi connectivity index (χ1v) is 12.0. The van der Waals surface area contributed by atoms with Gasteiger partial charge in [-0.05, 0) is 61.6 Å². The van der Waals surface area contributed by atoms with Crippen molar-refractivity contribution in [2.75, 3.05) is 13.1 Å². The van der Waals surface area contributed by atoms with Gasteiger partial charge in [-0.3, -0.25) is 9.78 Å². The number of nitrogens with zero attached hydrogens (tertiary/aromatic N) is 4. The highest BCUT2D eigenvalue weighted by atomic mass is 32.2. The Balaban J connectivity index is 1.27. The molecule has 2 bridgehead atoms. The molecule has 1 saturated heterocycles. The summed E-state index contributed by atoms with van der Waals surface area (Å²) in [5.74, 6) is 2.79. The van der Waals surface area contributed by atoms with E-state index in [9.17, 15) is 4.79 Å². The van der Waals surface area contributed by atoms with Gasteiger partial charge in [0.1, 0.15) is 0 Å². The molecule has 2 fully saturated rings. The van der Waals surface area contributed by atoms with Crippen LogP contribution in [0.25, 0.3) is 0 Å². The molecule has 156 valence electrons. The molecule has 2 aliphatic carbocycles. The number of likely N-dealkylation sites (tertiary alicyclic amines) is 1. The van der Waals surface area contributed by atoms with Gasteiger partial charge in [-0.25, -0.2) is 9.97 Å². The Morgan fingerprint density at radius 2 is 2.20 bits per heavy atom. The molecule has 0 aromatic carbocycles. The second kappa shape index (κ2) is 8.50. The quantitative estimate of drug-likeness (QED) is 0.408. The fourth-order valence-electron chi connectivity index (χ4n) is 5.25. The minimum atomic E-state index is 0.204. The topological polar surface area (TPSA) is 59.0 Å². The number of allylic oxidation sites excluding steroid dienone is 2. The van der Waals surface area contributed by atoms with Gasteiger partial charge in [0, 0.05) is 49.3 Å². The summed E-state index contributed by atoms with van der Waals surface area (Å²) < 4.78 is 0. The van der Waals surface area contributed by atoms with Gasteiger partial charge in [-0.15, -0.1) is 0 Å². The Bertz CT molecular complexity index is 947. The predicted octanol–water partition coefficient (Wildman–Crippen LogP) is 4.39. The van der Waals surface area contributed by atoms with Crippen LogP contribution in [0.5, 0.6) is 0 Å². The maximum Gasteiger partial charge on any atom is 0.226 e. The highest BCUT2D eigenvalue weighted by molar-refractivity contribution is 7.98. The molecule has 4 atom stereocenters. The van der Waals surface area contributed by atoms with E-state index >= 15 is 0 Å². The number of hydrogen-bond donors (Lipinski definition) is 0. The summed E-state index contributed by atoms with van der Waals surface area (Å²) in [6, 6.07) is 4.03.